The number of hydrogen-bond acceptors (Lipinski definition) is 5. The van der Waals surface area contributed by atoms with Crippen LogP contribution in [0.4, 0.5) is 10.5 Å². The molecule has 1 aliphatic rings. The van der Waals surface area contributed by atoms with Crippen LogP contribution in [-0.2, 0) is 0 Å². The maximum absolute atomic E-state index is 11.9. The van der Waals surface area contributed by atoms with Crippen molar-refractivity contribution in [1.82, 2.24) is 10.5 Å². The second-order valence-electron chi connectivity index (χ2n) is 4.60. The molecule has 2 heterocycles. The zero-order valence-corrected chi connectivity index (χ0v) is 11.5. The Bertz CT molecular complexity index is 627. The molecule has 21 heavy (non-hydrogen) atoms. The highest BCUT2D eigenvalue weighted by Crippen LogP contribution is 2.32. The van der Waals surface area contributed by atoms with E-state index in [1.807, 2.05) is 6.92 Å². The van der Waals surface area contributed by atoms with E-state index < -0.39 is 0 Å². The van der Waals surface area contributed by atoms with E-state index in [0.717, 1.165) is 0 Å². The van der Waals surface area contributed by atoms with Crippen LogP contribution in [0.5, 0.6) is 11.5 Å². The van der Waals surface area contributed by atoms with Crippen molar-refractivity contribution in [2.24, 2.45) is 0 Å². The highest BCUT2D eigenvalue weighted by atomic mass is 16.6. The fraction of sp³-hybridized carbons (Fsp3) is 0.286. The van der Waals surface area contributed by atoms with Crippen molar-refractivity contribution in [3.8, 4) is 11.5 Å². The van der Waals surface area contributed by atoms with Crippen LogP contribution in [0.15, 0.2) is 35.1 Å². The predicted octanol–water partition coefficient (Wildman–Crippen LogP) is 2.33. The molecule has 0 radical (unpaired) electrons. The lowest BCUT2D eigenvalue weighted by molar-refractivity contribution is 0.171. The summed E-state index contributed by atoms with van der Waals surface area (Å²) >= 11 is 0. The number of urea groups is 1. The van der Waals surface area contributed by atoms with Crippen molar-refractivity contribution in [1.29, 1.82) is 0 Å². The van der Waals surface area contributed by atoms with Gasteiger partial charge in [-0.2, -0.15) is 0 Å². The molecular formula is C14H15N3O4. The molecule has 1 atom stereocenters. The average molecular weight is 289 g/mol. The molecule has 2 aromatic rings. The lowest BCUT2D eigenvalue weighted by Crippen LogP contribution is -2.31. The number of nitrogens with one attached hydrogen (secondary N) is 2. The zero-order valence-electron chi connectivity index (χ0n) is 11.5. The molecule has 0 spiro atoms. The third-order valence-electron chi connectivity index (χ3n) is 3.05. The molecule has 1 aromatic heterocycles. The second-order valence-corrected chi connectivity index (χ2v) is 4.60. The van der Waals surface area contributed by atoms with Gasteiger partial charge in [-0.3, -0.25) is 0 Å². The van der Waals surface area contributed by atoms with Gasteiger partial charge in [0.1, 0.15) is 25.2 Å². The van der Waals surface area contributed by atoms with Crippen molar-refractivity contribution in [3.63, 3.8) is 0 Å². The van der Waals surface area contributed by atoms with E-state index in [0.29, 0.717) is 36.1 Å². The van der Waals surface area contributed by atoms with Crippen LogP contribution in [-0.4, -0.2) is 24.4 Å². The summed E-state index contributed by atoms with van der Waals surface area (Å²) in [5, 5.41) is 9.29. The fourth-order valence-corrected chi connectivity index (χ4v) is 2.00. The smallest absolute Gasteiger partial charge is 0.319 e. The van der Waals surface area contributed by atoms with Crippen molar-refractivity contribution in [2.45, 2.75) is 13.0 Å². The highest BCUT2D eigenvalue weighted by molar-refractivity contribution is 5.89. The Morgan fingerprint density at radius 1 is 1.24 bits per heavy atom. The number of carbonyl (C=O) groups is 1. The Kier molecular flexibility index (Phi) is 3.63. The minimum absolute atomic E-state index is 0.249. The summed E-state index contributed by atoms with van der Waals surface area (Å²) in [7, 11) is 0. The second kappa shape index (κ2) is 5.74. The molecule has 0 bridgehead atoms. The van der Waals surface area contributed by atoms with Gasteiger partial charge in [-0.1, -0.05) is 5.16 Å². The Morgan fingerprint density at radius 3 is 2.81 bits per heavy atom. The van der Waals surface area contributed by atoms with Gasteiger partial charge in [-0.15, -0.1) is 0 Å². The topological polar surface area (TPSA) is 85.6 Å². The molecule has 0 unspecified atom stereocenters. The first kappa shape index (κ1) is 13.3. The van der Waals surface area contributed by atoms with Crippen LogP contribution in [0, 0.1) is 0 Å². The molecule has 7 heteroatoms. The quantitative estimate of drug-likeness (QED) is 0.905. The Hall–Kier alpha value is -2.70. The molecule has 7 nitrogen and oxygen atoms in total. The first-order chi connectivity index (χ1) is 10.2. The fourth-order valence-electron chi connectivity index (χ4n) is 2.00. The molecule has 2 amide bonds. The third-order valence-corrected chi connectivity index (χ3v) is 3.05. The highest BCUT2D eigenvalue weighted by Gasteiger charge is 2.15. The van der Waals surface area contributed by atoms with Crippen molar-refractivity contribution < 1.29 is 18.8 Å². The first-order valence-electron chi connectivity index (χ1n) is 6.60. The van der Waals surface area contributed by atoms with E-state index in [9.17, 15) is 4.79 Å². The van der Waals surface area contributed by atoms with E-state index in [1.54, 1.807) is 24.3 Å². The zero-order chi connectivity index (χ0) is 14.7. The Balaban J connectivity index is 1.62. The first-order valence-corrected chi connectivity index (χ1v) is 6.60. The average Bonchev–Trinajstić information content (AvgIpc) is 3.01. The lowest BCUT2D eigenvalue weighted by atomic mass is 10.2. The number of hydrogen-bond donors (Lipinski definition) is 2. The summed E-state index contributed by atoms with van der Waals surface area (Å²) in [6.07, 6.45) is 1.46. The molecule has 1 aliphatic heterocycles. The summed E-state index contributed by atoms with van der Waals surface area (Å²) in [6, 6.07) is 6.38. The van der Waals surface area contributed by atoms with E-state index in [1.165, 1.54) is 6.26 Å². The van der Waals surface area contributed by atoms with Gasteiger partial charge < -0.3 is 24.6 Å². The lowest BCUT2D eigenvalue weighted by Gasteiger charge is -2.19. The van der Waals surface area contributed by atoms with Crippen LogP contribution in [0.1, 0.15) is 18.7 Å². The van der Waals surface area contributed by atoms with Gasteiger partial charge in [0, 0.05) is 17.8 Å². The van der Waals surface area contributed by atoms with Gasteiger partial charge in [0.05, 0.1) is 6.04 Å². The van der Waals surface area contributed by atoms with Gasteiger partial charge in [0.2, 0.25) is 0 Å². The van der Waals surface area contributed by atoms with Gasteiger partial charge in [0.15, 0.2) is 11.5 Å². The van der Waals surface area contributed by atoms with Gasteiger partial charge in [-0.05, 0) is 19.1 Å². The molecule has 0 fully saturated rings. The van der Waals surface area contributed by atoms with Gasteiger partial charge >= 0.3 is 6.03 Å². The number of amides is 2. The van der Waals surface area contributed by atoms with Crippen LogP contribution in [0.3, 0.4) is 0 Å². The Morgan fingerprint density at radius 2 is 2.05 bits per heavy atom. The van der Waals surface area contributed by atoms with E-state index in [2.05, 4.69) is 15.8 Å². The SMILES string of the molecule is C[C@H](NC(=O)Nc1ccc2c(c1)OCCO2)c1ccon1. The van der Waals surface area contributed by atoms with Crippen LogP contribution in [0.25, 0.3) is 0 Å². The molecule has 110 valence electrons. The minimum atomic E-state index is -0.331. The number of benzene rings is 1. The molecule has 1 aromatic carbocycles. The minimum Gasteiger partial charge on any atom is -0.486 e. The number of ether oxygens (including phenoxy) is 2. The van der Waals surface area contributed by atoms with Gasteiger partial charge in [-0.25, -0.2) is 4.79 Å². The molecule has 2 N–H and O–H groups in total. The largest absolute Gasteiger partial charge is 0.486 e. The van der Waals surface area contributed by atoms with E-state index in [-0.39, 0.29) is 12.1 Å². The summed E-state index contributed by atoms with van der Waals surface area (Å²) in [6.45, 7) is 2.86. The number of anilines is 1. The molecule has 0 saturated carbocycles. The third kappa shape index (κ3) is 3.07. The molecule has 0 aliphatic carbocycles. The maximum atomic E-state index is 11.9. The standard InChI is InChI=1S/C14H15N3O4/c1-9(11-4-5-21-17-11)15-14(18)16-10-2-3-12-13(8-10)20-7-6-19-12/h2-5,8-9H,6-7H2,1H3,(H2,15,16,18)/t9-/m0/s1. The van der Waals surface area contributed by atoms with Gasteiger partial charge in [0.25, 0.3) is 0 Å². The molecule has 0 saturated heterocycles. The van der Waals surface area contributed by atoms with Crippen LogP contribution in [0.2, 0.25) is 0 Å². The van der Waals surface area contributed by atoms with Crippen molar-refractivity contribution in [3.05, 3.63) is 36.2 Å². The summed E-state index contributed by atoms with van der Waals surface area (Å²) < 4.78 is 15.6. The van der Waals surface area contributed by atoms with E-state index in [4.69, 9.17) is 14.0 Å². The van der Waals surface area contributed by atoms with Crippen LogP contribution < -0.4 is 20.1 Å². The summed E-state index contributed by atoms with van der Waals surface area (Å²) in [5.41, 5.74) is 1.29. The Labute approximate surface area is 121 Å². The molecule has 3 rings (SSSR count). The predicted molar refractivity (Wildman–Crippen MR) is 74.5 cm³/mol. The van der Waals surface area contributed by atoms with Crippen molar-refractivity contribution >= 4 is 11.7 Å². The monoisotopic (exact) mass is 289 g/mol. The number of rotatable bonds is 3. The number of aromatic nitrogens is 1. The maximum Gasteiger partial charge on any atom is 0.319 e. The number of nitrogens with zero attached hydrogens (tertiary/aromatic N) is 1. The number of carbonyl (C=O) groups excluding carboxylic acids is 1. The van der Waals surface area contributed by atoms with E-state index >= 15 is 0 Å². The number of fused-ring (bicyclic) bond motifs is 1. The summed E-state index contributed by atoms with van der Waals surface area (Å²) in [5.74, 6) is 1.31. The van der Waals surface area contributed by atoms with Crippen LogP contribution >= 0.6 is 0 Å². The normalized spacial score (nSPS) is 14.3. The summed E-state index contributed by atoms with van der Waals surface area (Å²) in [4.78, 5) is 11.9. The van der Waals surface area contributed by atoms with Crippen molar-refractivity contribution in [2.75, 3.05) is 18.5 Å². The molecular weight excluding hydrogens is 274 g/mol.